The van der Waals surface area contributed by atoms with Crippen LogP contribution in [-0.4, -0.2) is 19.5 Å². The van der Waals surface area contributed by atoms with Gasteiger partial charge in [0, 0.05) is 16.8 Å². The number of nitriles is 4. The highest BCUT2D eigenvalue weighted by Crippen LogP contribution is 2.48. The first-order chi connectivity index (χ1) is 30.5. The zero-order chi connectivity index (χ0) is 42.1. The summed E-state index contributed by atoms with van der Waals surface area (Å²) >= 11 is 0. The van der Waals surface area contributed by atoms with Gasteiger partial charge >= 0.3 is 6.03 Å². The summed E-state index contributed by atoms with van der Waals surface area (Å²) in [6.45, 7) is -1.22. The van der Waals surface area contributed by atoms with Crippen LogP contribution in [0.1, 0.15) is 22.3 Å². The number of rotatable bonds is 6. The summed E-state index contributed by atoms with van der Waals surface area (Å²) in [4.78, 5) is 19.1. The molecule has 0 atom stereocenters. The van der Waals surface area contributed by atoms with Crippen LogP contribution in [0, 0.1) is 45.3 Å². The normalized spacial score (nSPS) is 12.7. The third-order valence-corrected chi connectivity index (χ3v) is 11.9. The van der Waals surface area contributed by atoms with Gasteiger partial charge in [-0.3, -0.25) is 9.80 Å². The minimum absolute atomic E-state index is 0.212. The van der Waals surface area contributed by atoms with Crippen molar-refractivity contribution in [2.24, 2.45) is 0 Å². The van der Waals surface area contributed by atoms with Crippen molar-refractivity contribution in [3.05, 3.63) is 180 Å². The Bertz CT molecular complexity index is 3200. The maximum atomic E-state index is 15.9. The van der Waals surface area contributed by atoms with Gasteiger partial charge in [0.25, 0.3) is 13.4 Å². The SMILES string of the molecule is N#Cc1cc(C#N)c2c(c1)N1C(=O)N3c4cc(C#N)cc(C#N)c4B(c4ccccc4Oc4ccccc4)c4ccc5ccc(c1c5c43)B2c1ccccc1Oc1ccccc1. The molecular formula is C51H26B2N6O3. The molecular weight excluding hydrogens is 766 g/mol. The molecule has 0 aliphatic carbocycles. The molecule has 284 valence electrons. The molecule has 3 aliphatic rings. The van der Waals surface area contributed by atoms with Crippen molar-refractivity contribution in [3.8, 4) is 47.3 Å². The number of nitrogens with zero attached hydrogens (tertiary/aromatic N) is 6. The average molecular weight is 792 g/mol. The summed E-state index contributed by atoms with van der Waals surface area (Å²) in [5, 5.41) is 43.9. The quantitative estimate of drug-likeness (QED) is 0.166. The Kier molecular flexibility index (Phi) is 8.19. The largest absolute Gasteiger partial charge is 0.458 e. The van der Waals surface area contributed by atoms with Crippen LogP contribution < -0.4 is 52.1 Å². The molecule has 11 heteroatoms. The number of urea groups is 1. The molecule has 0 N–H and O–H groups in total. The van der Waals surface area contributed by atoms with Crippen LogP contribution in [0.3, 0.4) is 0 Å². The number of para-hydroxylation sites is 4. The molecule has 0 fully saturated rings. The van der Waals surface area contributed by atoms with Crippen molar-refractivity contribution < 1.29 is 14.3 Å². The topological polar surface area (TPSA) is 137 Å². The second kappa shape index (κ2) is 14.1. The third kappa shape index (κ3) is 5.30. The van der Waals surface area contributed by atoms with E-state index >= 15 is 4.79 Å². The fourth-order valence-electron chi connectivity index (χ4n) is 9.48. The van der Waals surface area contributed by atoms with Gasteiger partial charge in [0.15, 0.2) is 0 Å². The highest BCUT2D eigenvalue weighted by atomic mass is 16.5. The van der Waals surface area contributed by atoms with Gasteiger partial charge in [-0.1, -0.05) is 97.1 Å². The number of hydrogen-bond acceptors (Lipinski definition) is 7. The highest BCUT2D eigenvalue weighted by molar-refractivity contribution is 7.00. The number of fused-ring (bicyclic) bond motifs is 4. The lowest BCUT2D eigenvalue weighted by atomic mass is 9.33. The van der Waals surface area contributed by atoms with E-state index in [-0.39, 0.29) is 22.3 Å². The molecule has 0 radical (unpaired) electrons. The molecule has 0 saturated heterocycles. The van der Waals surface area contributed by atoms with Gasteiger partial charge in [-0.25, -0.2) is 4.79 Å². The van der Waals surface area contributed by atoms with E-state index in [0.29, 0.717) is 56.7 Å². The van der Waals surface area contributed by atoms with Gasteiger partial charge in [0.1, 0.15) is 23.0 Å². The number of amides is 2. The summed E-state index contributed by atoms with van der Waals surface area (Å²) < 4.78 is 13.1. The van der Waals surface area contributed by atoms with Crippen LogP contribution >= 0.6 is 0 Å². The molecule has 2 amide bonds. The zero-order valence-corrected chi connectivity index (χ0v) is 32.6. The Balaban J connectivity index is 1.25. The summed E-state index contributed by atoms with van der Waals surface area (Å²) in [6, 6.07) is 57.4. The number of ether oxygens (including phenoxy) is 2. The lowest BCUT2D eigenvalue weighted by Gasteiger charge is -2.46. The molecule has 8 aromatic carbocycles. The lowest BCUT2D eigenvalue weighted by Crippen LogP contribution is -2.65. The Morgan fingerprint density at radius 2 is 0.871 bits per heavy atom. The third-order valence-electron chi connectivity index (χ3n) is 11.9. The molecule has 62 heavy (non-hydrogen) atoms. The molecule has 0 spiro atoms. The predicted molar refractivity (Wildman–Crippen MR) is 241 cm³/mol. The maximum Gasteiger partial charge on any atom is 0.338 e. The van der Waals surface area contributed by atoms with Gasteiger partial charge < -0.3 is 9.47 Å². The molecule has 0 unspecified atom stereocenters. The monoisotopic (exact) mass is 792 g/mol. The molecule has 8 aromatic rings. The van der Waals surface area contributed by atoms with E-state index in [4.69, 9.17) is 9.47 Å². The van der Waals surface area contributed by atoms with Gasteiger partial charge in [0.05, 0.1) is 57.9 Å². The summed E-state index contributed by atoms with van der Waals surface area (Å²) in [7, 11) is 0. The second-order valence-electron chi connectivity index (χ2n) is 15.2. The van der Waals surface area contributed by atoms with Crippen LogP contribution in [0.2, 0.25) is 0 Å². The van der Waals surface area contributed by atoms with Crippen molar-refractivity contribution in [3.63, 3.8) is 0 Å². The Morgan fingerprint density at radius 3 is 1.29 bits per heavy atom. The highest BCUT2D eigenvalue weighted by Gasteiger charge is 2.50. The second-order valence-corrected chi connectivity index (χ2v) is 15.2. The van der Waals surface area contributed by atoms with Crippen LogP contribution in [-0.2, 0) is 0 Å². The van der Waals surface area contributed by atoms with Crippen LogP contribution in [0.25, 0.3) is 10.8 Å². The van der Waals surface area contributed by atoms with Crippen LogP contribution in [0.4, 0.5) is 27.5 Å². The van der Waals surface area contributed by atoms with Gasteiger partial charge in [-0.05, 0) is 98.8 Å². The van der Waals surface area contributed by atoms with Crippen LogP contribution in [0.5, 0.6) is 23.0 Å². The predicted octanol–water partition coefficient (Wildman–Crippen LogP) is 6.98. The van der Waals surface area contributed by atoms with Crippen LogP contribution in [0.15, 0.2) is 158 Å². The standard InChI is InChI=1S/C51H26B2N6O3/c54-27-31-23-34(29-56)47-42(25-31)58-49-40(52(47)38-15-7-9-17-44(38)61-36-11-3-1-4-12-36)21-19-33-20-22-41-50(46(33)49)59(51(58)60)43-26-32(28-55)24-35(30-57)48(43)53(41)39-16-8-10-18-45(39)62-37-13-5-2-6-14-37/h1-26H. The van der Waals surface area contributed by atoms with E-state index in [0.717, 1.165) is 32.6 Å². The van der Waals surface area contributed by atoms with Crippen molar-refractivity contribution >= 4 is 85.8 Å². The molecule has 0 bridgehead atoms. The lowest BCUT2D eigenvalue weighted by molar-refractivity contribution is 0.255. The Hall–Kier alpha value is -9.02. The summed E-state index contributed by atoms with van der Waals surface area (Å²) in [5.41, 5.74) is 7.02. The van der Waals surface area contributed by atoms with Crippen molar-refractivity contribution in [1.82, 2.24) is 0 Å². The van der Waals surface area contributed by atoms with E-state index in [1.807, 2.05) is 133 Å². The molecule has 11 rings (SSSR count). The summed E-state index contributed by atoms with van der Waals surface area (Å²) in [5.74, 6) is 2.40. The van der Waals surface area contributed by atoms with Gasteiger partial charge in [-0.15, -0.1) is 0 Å². The van der Waals surface area contributed by atoms with E-state index in [1.165, 1.54) is 0 Å². The minimum atomic E-state index is -0.611. The molecule has 9 nitrogen and oxygen atoms in total. The first-order valence-corrected chi connectivity index (χ1v) is 19.8. The first kappa shape index (κ1) is 36.1. The number of carbonyl (C=O) groups is 1. The van der Waals surface area contributed by atoms with Gasteiger partial charge in [-0.2, -0.15) is 21.0 Å². The fourth-order valence-corrected chi connectivity index (χ4v) is 9.48. The molecule has 0 aromatic heterocycles. The van der Waals surface area contributed by atoms with E-state index in [9.17, 15) is 21.0 Å². The van der Waals surface area contributed by atoms with Gasteiger partial charge in [0.2, 0.25) is 0 Å². The average Bonchev–Trinajstić information content (AvgIpc) is 3.32. The zero-order valence-electron chi connectivity index (χ0n) is 32.6. The number of anilines is 4. The minimum Gasteiger partial charge on any atom is -0.458 e. The van der Waals surface area contributed by atoms with E-state index in [2.05, 4.69) is 24.3 Å². The first-order valence-electron chi connectivity index (χ1n) is 19.8. The smallest absolute Gasteiger partial charge is 0.338 e. The van der Waals surface area contributed by atoms with E-state index in [1.54, 1.807) is 34.1 Å². The summed E-state index contributed by atoms with van der Waals surface area (Å²) in [6.07, 6.45) is 0. The Morgan fingerprint density at radius 1 is 0.452 bits per heavy atom. The number of benzene rings is 8. The van der Waals surface area contributed by atoms with Crippen molar-refractivity contribution in [2.75, 3.05) is 9.80 Å². The van der Waals surface area contributed by atoms with Crippen molar-refractivity contribution in [1.29, 1.82) is 21.0 Å². The fraction of sp³-hybridized carbons (Fsp3) is 0. The number of carbonyl (C=O) groups excluding carboxylic acids is 1. The van der Waals surface area contributed by atoms with Crippen molar-refractivity contribution in [2.45, 2.75) is 0 Å². The number of hydrogen-bond donors (Lipinski definition) is 0. The molecule has 3 aliphatic heterocycles. The Labute approximate surface area is 356 Å². The molecule has 0 saturated carbocycles. The maximum absolute atomic E-state index is 15.9. The molecule has 3 heterocycles. The van der Waals surface area contributed by atoms with E-state index < -0.39 is 19.5 Å².